The van der Waals surface area contributed by atoms with E-state index in [1.807, 2.05) is 0 Å². The van der Waals surface area contributed by atoms with Gasteiger partial charge < -0.3 is 9.52 Å². The van der Waals surface area contributed by atoms with Crippen molar-refractivity contribution in [1.82, 2.24) is 4.90 Å². The zero-order chi connectivity index (χ0) is 11.4. The van der Waals surface area contributed by atoms with Gasteiger partial charge in [0.25, 0.3) is 0 Å². The van der Waals surface area contributed by atoms with E-state index in [9.17, 15) is 4.79 Å². The van der Waals surface area contributed by atoms with E-state index >= 15 is 0 Å². The fourth-order valence-electron chi connectivity index (χ4n) is 2.19. The summed E-state index contributed by atoms with van der Waals surface area (Å²) in [6.45, 7) is 2.52. The maximum absolute atomic E-state index is 11.7. The number of ketones is 1. The van der Waals surface area contributed by atoms with Gasteiger partial charge in [0, 0.05) is 13.2 Å². The van der Waals surface area contributed by atoms with Crippen molar-refractivity contribution < 1.29 is 14.3 Å². The van der Waals surface area contributed by atoms with Gasteiger partial charge in [0.15, 0.2) is 5.76 Å². The molecule has 0 bridgehead atoms. The monoisotopic (exact) mass is 223 g/mol. The number of carbonyl (C=O) groups is 1. The Morgan fingerprint density at radius 2 is 2.50 bits per heavy atom. The highest BCUT2D eigenvalue weighted by atomic mass is 16.3. The summed E-state index contributed by atoms with van der Waals surface area (Å²) in [5, 5.41) is 8.84. The first-order chi connectivity index (χ1) is 7.79. The molecule has 2 heterocycles. The van der Waals surface area contributed by atoms with Crippen molar-refractivity contribution in [3.8, 4) is 0 Å². The summed E-state index contributed by atoms with van der Waals surface area (Å²) >= 11 is 0. The van der Waals surface area contributed by atoms with E-state index in [1.165, 1.54) is 6.26 Å². The Kier molecular flexibility index (Phi) is 3.74. The smallest absolute Gasteiger partial charge is 0.211 e. The van der Waals surface area contributed by atoms with Crippen molar-refractivity contribution in [2.45, 2.75) is 12.8 Å². The number of nitrogens with zero attached hydrogens (tertiary/aromatic N) is 1. The quantitative estimate of drug-likeness (QED) is 0.761. The van der Waals surface area contributed by atoms with Gasteiger partial charge in [-0.2, -0.15) is 0 Å². The summed E-state index contributed by atoms with van der Waals surface area (Å²) in [6.07, 6.45) is 3.43. The summed E-state index contributed by atoms with van der Waals surface area (Å²) in [5.74, 6) is 1.01. The topological polar surface area (TPSA) is 53.7 Å². The van der Waals surface area contributed by atoms with E-state index in [1.54, 1.807) is 12.1 Å². The second kappa shape index (κ2) is 5.27. The minimum absolute atomic E-state index is 0.0367. The Morgan fingerprint density at radius 3 is 3.19 bits per heavy atom. The number of carbonyl (C=O) groups excluding carboxylic acids is 1. The first kappa shape index (κ1) is 11.4. The van der Waals surface area contributed by atoms with Crippen LogP contribution in [0.15, 0.2) is 22.8 Å². The molecule has 1 unspecified atom stereocenters. The van der Waals surface area contributed by atoms with Crippen molar-refractivity contribution in [2.75, 3.05) is 26.2 Å². The van der Waals surface area contributed by atoms with E-state index in [0.717, 1.165) is 25.9 Å². The van der Waals surface area contributed by atoms with Crippen LogP contribution in [0.4, 0.5) is 0 Å². The average Bonchev–Trinajstić information content (AvgIpc) is 2.89. The fourth-order valence-corrected chi connectivity index (χ4v) is 2.19. The van der Waals surface area contributed by atoms with Crippen molar-refractivity contribution in [1.29, 1.82) is 0 Å². The summed E-state index contributed by atoms with van der Waals surface area (Å²) in [6, 6.07) is 3.43. The van der Waals surface area contributed by atoms with E-state index in [4.69, 9.17) is 9.52 Å². The van der Waals surface area contributed by atoms with Gasteiger partial charge in [-0.3, -0.25) is 9.69 Å². The van der Waals surface area contributed by atoms with Crippen LogP contribution in [0.3, 0.4) is 0 Å². The van der Waals surface area contributed by atoms with Crippen LogP contribution in [0.5, 0.6) is 0 Å². The summed E-state index contributed by atoms with van der Waals surface area (Å²) < 4.78 is 5.06. The van der Waals surface area contributed by atoms with Gasteiger partial charge in [-0.05, 0) is 37.4 Å². The summed E-state index contributed by atoms with van der Waals surface area (Å²) in [7, 11) is 0. The molecule has 88 valence electrons. The Balaban J connectivity index is 1.81. The molecule has 4 heteroatoms. The second-order valence-electron chi connectivity index (χ2n) is 4.30. The molecule has 4 nitrogen and oxygen atoms in total. The number of Topliss-reactive ketones (excluding diaryl/α,β-unsaturated/α-hetero) is 1. The lowest BCUT2D eigenvalue weighted by molar-refractivity contribution is 0.0915. The predicted octanol–water partition coefficient (Wildman–Crippen LogP) is 1.17. The molecular formula is C12H17NO3. The molecule has 1 aromatic heterocycles. The molecule has 1 fully saturated rings. The highest BCUT2D eigenvalue weighted by Crippen LogP contribution is 2.19. The highest BCUT2D eigenvalue weighted by molar-refractivity contribution is 5.95. The van der Waals surface area contributed by atoms with E-state index in [0.29, 0.717) is 18.2 Å². The van der Waals surface area contributed by atoms with E-state index < -0.39 is 0 Å². The summed E-state index contributed by atoms with van der Waals surface area (Å²) in [4.78, 5) is 13.9. The number of aliphatic hydroxyl groups excluding tert-OH is 1. The molecule has 0 saturated carbocycles. The Labute approximate surface area is 94.9 Å². The van der Waals surface area contributed by atoms with Gasteiger partial charge in [0.05, 0.1) is 12.8 Å². The van der Waals surface area contributed by atoms with Gasteiger partial charge >= 0.3 is 0 Å². The summed E-state index contributed by atoms with van der Waals surface area (Å²) in [5.41, 5.74) is 0. The molecule has 1 N–H and O–H groups in total. The lowest BCUT2D eigenvalue weighted by Crippen LogP contribution is -2.27. The van der Waals surface area contributed by atoms with Crippen molar-refractivity contribution >= 4 is 5.78 Å². The molecule has 0 aliphatic carbocycles. The third-order valence-corrected chi connectivity index (χ3v) is 3.07. The van der Waals surface area contributed by atoms with Gasteiger partial charge in [-0.15, -0.1) is 0 Å². The minimum Gasteiger partial charge on any atom is -0.461 e. The Morgan fingerprint density at radius 1 is 1.62 bits per heavy atom. The Hall–Kier alpha value is -1.13. The van der Waals surface area contributed by atoms with Gasteiger partial charge in [-0.1, -0.05) is 0 Å². The zero-order valence-corrected chi connectivity index (χ0v) is 9.26. The molecule has 2 rings (SSSR count). The molecule has 16 heavy (non-hydrogen) atoms. The molecule has 1 aliphatic heterocycles. The third-order valence-electron chi connectivity index (χ3n) is 3.07. The average molecular weight is 223 g/mol. The van der Waals surface area contributed by atoms with Crippen molar-refractivity contribution in [3.63, 3.8) is 0 Å². The predicted molar refractivity (Wildman–Crippen MR) is 59.3 cm³/mol. The van der Waals surface area contributed by atoms with Crippen LogP contribution in [0.25, 0.3) is 0 Å². The van der Waals surface area contributed by atoms with Crippen LogP contribution in [0, 0.1) is 5.92 Å². The largest absolute Gasteiger partial charge is 0.461 e. The lowest BCUT2D eigenvalue weighted by Gasteiger charge is -2.13. The number of rotatable bonds is 5. The van der Waals surface area contributed by atoms with Crippen LogP contribution >= 0.6 is 0 Å². The molecular weight excluding hydrogens is 206 g/mol. The highest BCUT2D eigenvalue weighted by Gasteiger charge is 2.24. The lowest BCUT2D eigenvalue weighted by atomic mass is 10.1. The number of aliphatic hydroxyl groups is 1. The third kappa shape index (κ3) is 2.71. The maximum atomic E-state index is 11.7. The first-order valence-corrected chi connectivity index (χ1v) is 5.69. The van der Waals surface area contributed by atoms with Gasteiger partial charge in [0.1, 0.15) is 0 Å². The molecule has 0 amide bonds. The van der Waals surface area contributed by atoms with Crippen LogP contribution in [-0.4, -0.2) is 42.0 Å². The van der Waals surface area contributed by atoms with Crippen LogP contribution in [0.1, 0.15) is 23.4 Å². The van der Waals surface area contributed by atoms with E-state index in [2.05, 4.69) is 4.90 Å². The van der Waals surface area contributed by atoms with Crippen LogP contribution in [0.2, 0.25) is 0 Å². The molecule has 1 aromatic rings. The number of furan rings is 1. The van der Waals surface area contributed by atoms with Crippen molar-refractivity contribution in [2.24, 2.45) is 5.92 Å². The van der Waals surface area contributed by atoms with Gasteiger partial charge in [0.2, 0.25) is 5.78 Å². The van der Waals surface area contributed by atoms with Gasteiger partial charge in [-0.25, -0.2) is 0 Å². The normalized spacial score (nSPS) is 21.4. The van der Waals surface area contributed by atoms with E-state index in [-0.39, 0.29) is 12.4 Å². The standard InChI is InChI=1S/C12H17NO3/c14-6-4-10-3-5-13(8-10)9-11(15)12-2-1-7-16-12/h1-2,7,10,14H,3-6,8-9H2. The maximum Gasteiger partial charge on any atom is 0.211 e. The molecule has 0 aromatic carbocycles. The minimum atomic E-state index is 0.0367. The van der Waals surface area contributed by atoms with Crippen molar-refractivity contribution in [3.05, 3.63) is 24.2 Å². The molecule has 1 atom stereocenters. The second-order valence-corrected chi connectivity index (χ2v) is 4.30. The zero-order valence-electron chi connectivity index (χ0n) is 9.26. The van der Waals surface area contributed by atoms with Crippen LogP contribution in [-0.2, 0) is 0 Å². The number of hydrogen-bond acceptors (Lipinski definition) is 4. The van der Waals surface area contributed by atoms with Crippen LogP contribution < -0.4 is 0 Å². The SMILES string of the molecule is O=C(CN1CCC(CCO)C1)c1ccco1. The number of hydrogen-bond donors (Lipinski definition) is 1. The number of likely N-dealkylation sites (tertiary alicyclic amines) is 1. The molecule has 1 aliphatic rings. The molecule has 1 saturated heterocycles. The molecule has 0 radical (unpaired) electrons. The first-order valence-electron chi connectivity index (χ1n) is 5.69. The Bertz CT molecular complexity index is 334. The molecule has 0 spiro atoms. The fraction of sp³-hybridized carbons (Fsp3) is 0.583.